The number of benzene rings is 2. The van der Waals surface area contributed by atoms with Gasteiger partial charge in [-0.05, 0) is 30.2 Å². The number of esters is 1. The Balaban J connectivity index is 2.21. The number of ether oxygens (including phenoxy) is 1. The van der Waals surface area contributed by atoms with Gasteiger partial charge in [-0.2, -0.15) is 18.3 Å². The minimum absolute atomic E-state index is 0.00878. The molecule has 0 unspecified atom stereocenters. The lowest BCUT2D eigenvalue weighted by Gasteiger charge is -2.13. The van der Waals surface area contributed by atoms with Crippen LogP contribution in [-0.4, -0.2) is 37.0 Å². The highest BCUT2D eigenvalue weighted by molar-refractivity contribution is 7.90. The molecule has 0 N–H and O–H groups in total. The van der Waals surface area contributed by atoms with E-state index in [1.165, 1.54) is 12.1 Å². The van der Waals surface area contributed by atoms with E-state index >= 15 is 0 Å². The lowest BCUT2D eigenvalue weighted by Crippen LogP contribution is -2.17. The molecule has 2 aromatic carbocycles. The first-order chi connectivity index (χ1) is 14.5. The van der Waals surface area contributed by atoms with Gasteiger partial charge in [0, 0.05) is 11.8 Å². The van der Waals surface area contributed by atoms with Gasteiger partial charge in [0.05, 0.1) is 17.2 Å². The molecule has 0 aliphatic carbocycles. The van der Waals surface area contributed by atoms with Gasteiger partial charge in [-0.1, -0.05) is 42.5 Å². The number of halogens is 3. The number of nitrogens with zero attached hydrogens (tertiary/aromatic N) is 2. The van der Waals surface area contributed by atoms with Crippen molar-refractivity contribution in [3.63, 3.8) is 0 Å². The molecular weight excluding hydrogens is 433 g/mol. The normalized spacial score (nSPS) is 12.0. The second kappa shape index (κ2) is 8.54. The summed E-state index contributed by atoms with van der Waals surface area (Å²) in [5.41, 5.74) is -0.0551. The molecule has 164 valence electrons. The Morgan fingerprint density at radius 1 is 1.06 bits per heavy atom. The van der Waals surface area contributed by atoms with E-state index in [4.69, 9.17) is 4.74 Å². The summed E-state index contributed by atoms with van der Waals surface area (Å²) in [6, 6.07) is 14.1. The van der Waals surface area contributed by atoms with E-state index in [1.54, 1.807) is 37.3 Å². The first-order valence-corrected chi connectivity index (χ1v) is 11.1. The largest absolute Gasteiger partial charge is 0.465 e. The Kier molecular flexibility index (Phi) is 6.21. The van der Waals surface area contributed by atoms with Crippen LogP contribution in [0.15, 0.2) is 59.5 Å². The number of carbonyl (C=O) groups is 1. The third-order valence-electron chi connectivity index (χ3n) is 4.42. The van der Waals surface area contributed by atoms with Crippen LogP contribution in [0.1, 0.15) is 12.6 Å². The molecule has 0 amide bonds. The molecule has 0 radical (unpaired) electrons. The van der Waals surface area contributed by atoms with E-state index in [2.05, 4.69) is 5.10 Å². The second-order valence-electron chi connectivity index (χ2n) is 6.72. The highest BCUT2D eigenvalue weighted by atomic mass is 32.2. The molecule has 3 rings (SSSR count). The van der Waals surface area contributed by atoms with Crippen LogP contribution >= 0.6 is 0 Å². The summed E-state index contributed by atoms with van der Waals surface area (Å²) in [6.07, 6.45) is -3.80. The maximum absolute atomic E-state index is 13.3. The highest BCUT2D eigenvalue weighted by Gasteiger charge is 2.36. The molecule has 6 nitrogen and oxygen atoms in total. The molecule has 0 saturated heterocycles. The fourth-order valence-electron chi connectivity index (χ4n) is 3.07. The molecule has 0 bridgehead atoms. The van der Waals surface area contributed by atoms with E-state index < -0.39 is 34.2 Å². The predicted molar refractivity (Wildman–Crippen MR) is 108 cm³/mol. The van der Waals surface area contributed by atoms with Crippen LogP contribution in [0.4, 0.5) is 13.2 Å². The van der Waals surface area contributed by atoms with Crippen LogP contribution in [0.3, 0.4) is 0 Å². The zero-order valence-corrected chi connectivity index (χ0v) is 17.5. The van der Waals surface area contributed by atoms with Gasteiger partial charge in [-0.15, -0.1) is 0 Å². The number of alkyl halides is 3. The molecule has 0 fully saturated rings. The Hall–Kier alpha value is -3.14. The van der Waals surface area contributed by atoms with E-state index in [-0.39, 0.29) is 22.8 Å². The summed E-state index contributed by atoms with van der Waals surface area (Å²) >= 11 is 0. The fraction of sp³-hybridized carbons (Fsp3) is 0.238. The lowest BCUT2D eigenvalue weighted by molar-refractivity contribution is -0.146. The van der Waals surface area contributed by atoms with E-state index in [0.29, 0.717) is 5.56 Å². The van der Waals surface area contributed by atoms with Crippen molar-refractivity contribution in [1.82, 2.24) is 9.78 Å². The van der Waals surface area contributed by atoms with Crippen molar-refractivity contribution in [2.75, 3.05) is 12.9 Å². The van der Waals surface area contributed by atoms with Gasteiger partial charge in [0.15, 0.2) is 15.5 Å². The van der Waals surface area contributed by atoms with Gasteiger partial charge in [0.25, 0.3) is 0 Å². The summed E-state index contributed by atoms with van der Waals surface area (Å²) in [7, 11) is -3.83. The Morgan fingerprint density at radius 3 is 2.32 bits per heavy atom. The lowest BCUT2D eigenvalue weighted by atomic mass is 10.0. The molecule has 0 spiro atoms. The second-order valence-corrected chi connectivity index (χ2v) is 8.71. The maximum atomic E-state index is 13.3. The van der Waals surface area contributed by atoms with Gasteiger partial charge >= 0.3 is 12.1 Å². The third-order valence-corrected chi connectivity index (χ3v) is 5.56. The van der Waals surface area contributed by atoms with Crippen molar-refractivity contribution in [2.24, 2.45) is 0 Å². The van der Waals surface area contributed by atoms with Gasteiger partial charge in [0.1, 0.15) is 6.54 Å². The predicted octanol–water partition coefficient (Wildman–Crippen LogP) is 4.20. The van der Waals surface area contributed by atoms with Gasteiger partial charge in [-0.3, -0.25) is 9.48 Å². The molecule has 0 aliphatic heterocycles. The molecule has 31 heavy (non-hydrogen) atoms. The minimum Gasteiger partial charge on any atom is -0.465 e. The van der Waals surface area contributed by atoms with Gasteiger partial charge < -0.3 is 4.74 Å². The van der Waals surface area contributed by atoms with Gasteiger partial charge in [-0.25, -0.2) is 8.42 Å². The van der Waals surface area contributed by atoms with E-state index in [1.807, 2.05) is 6.07 Å². The zero-order valence-electron chi connectivity index (χ0n) is 16.7. The first kappa shape index (κ1) is 22.5. The summed E-state index contributed by atoms with van der Waals surface area (Å²) < 4.78 is 70.5. The van der Waals surface area contributed by atoms with Crippen LogP contribution in [0.25, 0.3) is 22.4 Å². The maximum Gasteiger partial charge on any atom is 0.435 e. The molecular formula is C21H19F3N2O4S. The average Bonchev–Trinajstić information content (AvgIpc) is 3.12. The van der Waals surface area contributed by atoms with E-state index in [0.717, 1.165) is 22.6 Å². The molecule has 1 heterocycles. The van der Waals surface area contributed by atoms with Crippen LogP contribution in [0.2, 0.25) is 0 Å². The Bertz CT molecular complexity index is 1200. The number of sulfone groups is 1. The molecule has 0 aliphatic rings. The van der Waals surface area contributed by atoms with E-state index in [9.17, 15) is 26.4 Å². The number of aromatic nitrogens is 2. The van der Waals surface area contributed by atoms with Gasteiger partial charge in [0.2, 0.25) is 0 Å². The van der Waals surface area contributed by atoms with Crippen LogP contribution in [-0.2, 0) is 32.1 Å². The van der Waals surface area contributed by atoms with Crippen molar-refractivity contribution in [3.8, 4) is 22.4 Å². The first-order valence-electron chi connectivity index (χ1n) is 9.21. The smallest absolute Gasteiger partial charge is 0.435 e. The Labute approximate surface area is 177 Å². The van der Waals surface area contributed by atoms with Crippen LogP contribution < -0.4 is 0 Å². The van der Waals surface area contributed by atoms with Crippen LogP contribution in [0.5, 0.6) is 0 Å². The van der Waals surface area contributed by atoms with Crippen LogP contribution in [0, 0.1) is 0 Å². The standard InChI is InChI=1S/C21H19F3N2O4S/c1-3-30-20(27)13-26-17(12-19(25-26)21(22,23)24)16-10-9-15(11-18(16)31(2,28)29)14-7-5-4-6-8-14/h4-12H,3,13H2,1-2H3. The van der Waals surface area contributed by atoms with Crippen molar-refractivity contribution >= 4 is 15.8 Å². The quantitative estimate of drug-likeness (QED) is 0.524. The number of carbonyl (C=O) groups excluding carboxylic acids is 1. The van der Waals surface area contributed by atoms with Crippen molar-refractivity contribution in [1.29, 1.82) is 0 Å². The number of rotatable bonds is 6. The van der Waals surface area contributed by atoms with Crippen molar-refractivity contribution in [2.45, 2.75) is 24.5 Å². The fourth-order valence-corrected chi connectivity index (χ4v) is 3.99. The number of hydrogen-bond donors (Lipinski definition) is 0. The average molecular weight is 452 g/mol. The summed E-state index contributed by atoms with van der Waals surface area (Å²) in [5, 5.41) is 3.48. The van der Waals surface area contributed by atoms with Crippen molar-refractivity contribution < 1.29 is 31.1 Å². The topological polar surface area (TPSA) is 78.3 Å². The highest BCUT2D eigenvalue weighted by Crippen LogP contribution is 2.36. The molecule has 1 aromatic heterocycles. The monoisotopic (exact) mass is 452 g/mol. The SMILES string of the molecule is CCOC(=O)Cn1nc(C(F)(F)F)cc1-c1ccc(-c2ccccc2)cc1S(C)(=O)=O. The summed E-state index contributed by atoms with van der Waals surface area (Å²) in [5.74, 6) is -0.789. The summed E-state index contributed by atoms with van der Waals surface area (Å²) in [6.45, 7) is 1.01. The summed E-state index contributed by atoms with van der Waals surface area (Å²) in [4.78, 5) is 11.7. The molecule has 0 atom stereocenters. The third kappa shape index (κ3) is 5.13. The van der Waals surface area contributed by atoms with Crippen molar-refractivity contribution in [3.05, 3.63) is 60.3 Å². The number of hydrogen-bond acceptors (Lipinski definition) is 5. The molecule has 0 saturated carbocycles. The molecule has 10 heteroatoms. The zero-order chi connectivity index (χ0) is 22.8. The Morgan fingerprint density at radius 2 is 1.74 bits per heavy atom. The minimum atomic E-state index is -4.77. The molecule has 3 aromatic rings.